The van der Waals surface area contributed by atoms with Crippen molar-refractivity contribution in [3.63, 3.8) is 0 Å². The maximum absolute atomic E-state index is 12.5. The summed E-state index contributed by atoms with van der Waals surface area (Å²) in [5.41, 5.74) is 0.284. The molecule has 0 saturated carbocycles. The first kappa shape index (κ1) is 24.0. The second kappa shape index (κ2) is 10.3. The molecule has 11 nitrogen and oxygen atoms in total. The third-order valence-corrected chi connectivity index (χ3v) is 4.82. The Morgan fingerprint density at radius 3 is 2.21 bits per heavy atom. The Kier molecular flexibility index (Phi) is 7.51. The van der Waals surface area contributed by atoms with E-state index in [2.05, 4.69) is 0 Å². The summed E-state index contributed by atoms with van der Waals surface area (Å²) in [5, 5.41) is 58.5. The fourth-order valence-corrected chi connectivity index (χ4v) is 3.07. The van der Waals surface area contributed by atoms with E-state index in [1.165, 1.54) is 6.08 Å². The minimum absolute atomic E-state index is 0.401. The second-order valence-electron chi connectivity index (χ2n) is 7.12. The Hall–Kier alpha value is -3.64. The van der Waals surface area contributed by atoms with E-state index in [1.54, 1.807) is 30.3 Å². The normalized spacial score (nSPS) is 25.0. The highest BCUT2D eigenvalue weighted by molar-refractivity contribution is 5.91. The van der Waals surface area contributed by atoms with Gasteiger partial charge in [-0.2, -0.15) is 0 Å². The third kappa shape index (κ3) is 5.59. The minimum Gasteiger partial charge on any atom is -0.504 e. The van der Waals surface area contributed by atoms with Crippen LogP contribution in [0.3, 0.4) is 0 Å². The van der Waals surface area contributed by atoms with Gasteiger partial charge in [0.15, 0.2) is 23.4 Å². The van der Waals surface area contributed by atoms with Crippen molar-refractivity contribution in [2.45, 2.75) is 30.7 Å². The number of aliphatic hydroxyl groups is 3. The van der Waals surface area contributed by atoms with E-state index < -0.39 is 72.1 Å². The van der Waals surface area contributed by atoms with Crippen molar-refractivity contribution in [2.24, 2.45) is 0 Å². The number of rotatable bonds is 6. The zero-order valence-corrected chi connectivity index (χ0v) is 17.0. The second-order valence-corrected chi connectivity index (χ2v) is 7.12. The molecule has 176 valence electrons. The summed E-state index contributed by atoms with van der Waals surface area (Å²) in [6.07, 6.45) is -5.77. The molecule has 1 aliphatic heterocycles. The SMILES string of the molecule is O=C(C=Cc1ccccc1)OC1C(OC(=O)c2cc(O)c(O)c(O)c2)OC(CO)C(O)C1O. The molecular weight excluding hydrogens is 440 g/mol. The Bertz CT molecular complexity index is 997. The van der Waals surface area contributed by atoms with E-state index in [-0.39, 0.29) is 0 Å². The molecule has 1 saturated heterocycles. The molecule has 0 radical (unpaired) electrons. The number of phenols is 3. The fourth-order valence-electron chi connectivity index (χ4n) is 3.07. The fraction of sp³-hybridized carbons (Fsp3) is 0.273. The molecule has 0 aromatic heterocycles. The van der Waals surface area contributed by atoms with Crippen LogP contribution in [-0.2, 0) is 19.0 Å². The summed E-state index contributed by atoms with van der Waals surface area (Å²) in [5.74, 6) is -4.58. The minimum atomic E-state index is -1.79. The maximum atomic E-state index is 12.5. The first-order valence-corrected chi connectivity index (χ1v) is 9.73. The van der Waals surface area contributed by atoms with Crippen LogP contribution in [0, 0.1) is 0 Å². The van der Waals surface area contributed by atoms with Crippen molar-refractivity contribution in [2.75, 3.05) is 6.61 Å². The van der Waals surface area contributed by atoms with E-state index in [0.29, 0.717) is 5.56 Å². The average molecular weight is 462 g/mol. The number of hydrogen-bond donors (Lipinski definition) is 6. The molecule has 0 aliphatic carbocycles. The number of benzene rings is 2. The largest absolute Gasteiger partial charge is 0.504 e. The number of esters is 2. The van der Waals surface area contributed by atoms with Gasteiger partial charge in [0.25, 0.3) is 0 Å². The molecule has 1 fully saturated rings. The number of ether oxygens (including phenoxy) is 3. The Labute approximate surface area is 187 Å². The van der Waals surface area contributed by atoms with Crippen LogP contribution < -0.4 is 0 Å². The zero-order chi connectivity index (χ0) is 24.1. The van der Waals surface area contributed by atoms with Crippen LogP contribution in [0.25, 0.3) is 6.08 Å². The molecule has 3 rings (SSSR count). The lowest BCUT2D eigenvalue weighted by Gasteiger charge is -2.40. The van der Waals surface area contributed by atoms with E-state index >= 15 is 0 Å². The van der Waals surface area contributed by atoms with Crippen molar-refractivity contribution in [3.05, 3.63) is 59.7 Å². The van der Waals surface area contributed by atoms with E-state index in [4.69, 9.17) is 14.2 Å². The van der Waals surface area contributed by atoms with Gasteiger partial charge >= 0.3 is 11.9 Å². The molecule has 5 atom stereocenters. The van der Waals surface area contributed by atoms with Gasteiger partial charge in [0.05, 0.1) is 12.2 Å². The molecule has 6 N–H and O–H groups in total. The average Bonchev–Trinajstić information content (AvgIpc) is 2.81. The van der Waals surface area contributed by atoms with Crippen LogP contribution in [0.2, 0.25) is 0 Å². The predicted octanol–water partition coefficient (Wildman–Crippen LogP) is 0.0244. The summed E-state index contributed by atoms with van der Waals surface area (Å²) < 4.78 is 15.5. The van der Waals surface area contributed by atoms with Gasteiger partial charge in [-0.15, -0.1) is 0 Å². The smallest absolute Gasteiger partial charge is 0.340 e. The lowest BCUT2D eigenvalue weighted by atomic mass is 9.99. The predicted molar refractivity (Wildman–Crippen MR) is 110 cm³/mol. The van der Waals surface area contributed by atoms with Crippen molar-refractivity contribution in [1.82, 2.24) is 0 Å². The first-order valence-electron chi connectivity index (χ1n) is 9.73. The van der Waals surface area contributed by atoms with Crippen molar-refractivity contribution in [3.8, 4) is 17.2 Å². The van der Waals surface area contributed by atoms with Crippen LogP contribution in [0.1, 0.15) is 15.9 Å². The molecule has 11 heteroatoms. The molecule has 0 bridgehead atoms. The van der Waals surface area contributed by atoms with Crippen LogP contribution >= 0.6 is 0 Å². The topological polar surface area (TPSA) is 183 Å². The summed E-state index contributed by atoms with van der Waals surface area (Å²) >= 11 is 0. The summed E-state index contributed by atoms with van der Waals surface area (Å²) in [6, 6.07) is 10.4. The van der Waals surface area contributed by atoms with Crippen LogP contribution in [0.5, 0.6) is 17.2 Å². The molecule has 2 aromatic rings. The first-order chi connectivity index (χ1) is 15.7. The standard InChI is InChI=1S/C22H22O11/c23-10-15-18(28)19(29)20(32-16(26)7-6-11-4-2-1-3-5-11)22(31-15)33-21(30)12-8-13(24)17(27)14(25)9-12/h1-9,15,18-20,22-25,27-29H,10H2. The van der Waals surface area contributed by atoms with Crippen LogP contribution in [0.15, 0.2) is 48.5 Å². The number of aromatic hydroxyl groups is 3. The molecular formula is C22H22O11. The van der Waals surface area contributed by atoms with Gasteiger partial charge < -0.3 is 44.8 Å². The van der Waals surface area contributed by atoms with Gasteiger partial charge in [0, 0.05) is 6.08 Å². The molecule has 2 aromatic carbocycles. The van der Waals surface area contributed by atoms with Gasteiger partial charge in [-0.05, 0) is 23.8 Å². The highest BCUT2D eigenvalue weighted by Gasteiger charge is 2.48. The van der Waals surface area contributed by atoms with Gasteiger partial charge in [-0.1, -0.05) is 30.3 Å². The molecule has 0 amide bonds. The van der Waals surface area contributed by atoms with E-state index in [9.17, 15) is 40.2 Å². The number of carbonyl (C=O) groups is 2. The van der Waals surface area contributed by atoms with Crippen LogP contribution in [0.4, 0.5) is 0 Å². The Morgan fingerprint density at radius 1 is 0.970 bits per heavy atom. The molecule has 1 heterocycles. The Morgan fingerprint density at radius 2 is 1.61 bits per heavy atom. The number of carbonyl (C=O) groups excluding carboxylic acids is 2. The van der Waals surface area contributed by atoms with E-state index in [0.717, 1.165) is 18.2 Å². The molecule has 33 heavy (non-hydrogen) atoms. The quantitative estimate of drug-likeness (QED) is 0.193. The lowest BCUT2D eigenvalue weighted by molar-refractivity contribution is -0.288. The van der Waals surface area contributed by atoms with Gasteiger partial charge in [0.1, 0.15) is 18.3 Å². The lowest BCUT2D eigenvalue weighted by Crippen LogP contribution is -2.60. The molecule has 5 unspecified atom stereocenters. The van der Waals surface area contributed by atoms with Crippen molar-refractivity contribution >= 4 is 18.0 Å². The number of aliphatic hydroxyl groups excluding tert-OH is 3. The van der Waals surface area contributed by atoms with Crippen molar-refractivity contribution in [1.29, 1.82) is 0 Å². The monoisotopic (exact) mass is 462 g/mol. The maximum Gasteiger partial charge on any atom is 0.340 e. The number of phenolic OH excluding ortho intramolecular Hbond substituents is 3. The Balaban J connectivity index is 1.79. The summed E-state index contributed by atoms with van der Waals surface area (Å²) in [4.78, 5) is 24.8. The molecule has 0 spiro atoms. The summed E-state index contributed by atoms with van der Waals surface area (Å²) in [7, 11) is 0. The van der Waals surface area contributed by atoms with Crippen molar-refractivity contribution < 1.29 is 54.4 Å². The zero-order valence-electron chi connectivity index (χ0n) is 17.0. The van der Waals surface area contributed by atoms with Gasteiger partial charge in [-0.3, -0.25) is 0 Å². The molecule has 1 aliphatic rings. The van der Waals surface area contributed by atoms with Crippen LogP contribution in [-0.4, -0.2) is 79.9 Å². The van der Waals surface area contributed by atoms with Gasteiger partial charge in [-0.25, -0.2) is 9.59 Å². The number of hydrogen-bond acceptors (Lipinski definition) is 11. The third-order valence-electron chi connectivity index (χ3n) is 4.82. The highest BCUT2D eigenvalue weighted by atomic mass is 16.7. The van der Waals surface area contributed by atoms with Gasteiger partial charge in [0.2, 0.25) is 6.29 Å². The van der Waals surface area contributed by atoms with E-state index in [1.807, 2.05) is 0 Å². The highest BCUT2D eigenvalue weighted by Crippen LogP contribution is 2.36. The summed E-state index contributed by atoms with van der Waals surface area (Å²) in [6.45, 7) is -0.748.